The normalized spacial score (nSPS) is 10.1. The van der Waals surface area contributed by atoms with Crippen LogP contribution in [-0.2, 0) is 0 Å². The van der Waals surface area contributed by atoms with Crippen molar-refractivity contribution >= 4 is 21.7 Å². The van der Waals surface area contributed by atoms with E-state index in [1.807, 2.05) is 19.1 Å². The summed E-state index contributed by atoms with van der Waals surface area (Å²) in [5.74, 6) is 0.613. The predicted octanol–water partition coefficient (Wildman–Crippen LogP) is 2.30. The van der Waals surface area contributed by atoms with Gasteiger partial charge in [-0.1, -0.05) is 6.07 Å². The Kier molecular flexibility index (Phi) is 4.29. The Morgan fingerprint density at radius 3 is 2.73 bits per heavy atom. The minimum Gasteiger partial charge on any atom is -0.495 e. The second kappa shape index (κ2) is 5.28. The Hall–Kier alpha value is -0.870. The number of nitrogens with two attached hydrogens (primary N) is 1. The number of benzene rings is 1. The minimum atomic E-state index is 0.0214. The van der Waals surface area contributed by atoms with E-state index < -0.39 is 0 Å². The number of ether oxygens (including phenoxy) is 1. The van der Waals surface area contributed by atoms with Crippen LogP contribution in [0.5, 0.6) is 5.75 Å². The molecule has 0 saturated heterocycles. The zero-order chi connectivity index (χ0) is 11.4. The van der Waals surface area contributed by atoms with Crippen LogP contribution in [0.4, 0.5) is 0 Å². The number of hydrogen-bond acceptors (Lipinski definition) is 3. The zero-order valence-corrected chi connectivity index (χ0v) is 10.4. The molecule has 82 valence electrons. The largest absolute Gasteiger partial charge is 0.495 e. The van der Waals surface area contributed by atoms with Gasteiger partial charge in [0.05, 0.1) is 17.1 Å². The maximum atomic E-state index is 11.8. The Balaban J connectivity index is 3.24. The molecule has 0 radical (unpaired) electrons. The Bertz CT molecular complexity index is 377. The molecule has 1 aromatic carbocycles. The summed E-state index contributed by atoms with van der Waals surface area (Å²) in [5, 5.41) is 0. The number of methoxy groups -OCH3 is 1. The van der Waals surface area contributed by atoms with Gasteiger partial charge in [0.25, 0.3) is 0 Å². The molecule has 0 bridgehead atoms. The molecule has 1 aromatic rings. The fraction of sp³-hybridized carbons (Fsp3) is 0.364. The smallest absolute Gasteiger partial charge is 0.168 e. The lowest BCUT2D eigenvalue weighted by Crippen LogP contribution is -2.11. The third kappa shape index (κ3) is 2.58. The Morgan fingerprint density at radius 2 is 2.20 bits per heavy atom. The summed E-state index contributed by atoms with van der Waals surface area (Å²) in [4.78, 5) is 11.8. The molecule has 0 aromatic heterocycles. The summed E-state index contributed by atoms with van der Waals surface area (Å²) < 4.78 is 6.00. The molecule has 0 heterocycles. The number of carbonyl (C=O) groups is 1. The quantitative estimate of drug-likeness (QED) is 0.855. The zero-order valence-electron chi connectivity index (χ0n) is 8.84. The van der Waals surface area contributed by atoms with E-state index in [0.717, 1.165) is 10.0 Å². The molecule has 4 heteroatoms. The first-order valence-electron chi connectivity index (χ1n) is 4.68. The van der Waals surface area contributed by atoms with Crippen molar-refractivity contribution in [1.29, 1.82) is 0 Å². The van der Waals surface area contributed by atoms with Gasteiger partial charge in [-0.2, -0.15) is 0 Å². The number of aryl methyl sites for hydroxylation is 1. The average molecular weight is 272 g/mol. The van der Waals surface area contributed by atoms with Crippen molar-refractivity contribution in [3.63, 3.8) is 0 Å². The summed E-state index contributed by atoms with van der Waals surface area (Å²) >= 11 is 3.35. The van der Waals surface area contributed by atoms with E-state index in [1.165, 1.54) is 0 Å². The van der Waals surface area contributed by atoms with Gasteiger partial charge in [0.15, 0.2) is 5.78 Å². The standard InChI is InChI=1S/C11H14BrNO2/c1-7-3-4-8(12)11(15-2)10(7)9(14)5-6-13/h3-4H,5-6,13H2,1-2H3. The molecule has 2 N–H and O–H groups in total. The summed E-state index contributed by atoms with van der Waals surface area (Å²) in [7, 11) is 1.55. The fourth-order valence-corrected chi connectivity index (χ4v) is 1.95. The van der Waals surface area contributed by atoms with E-state index >= 15 is 0 Å². The molecule has 0 saturated carbocycles. The third-order valence-electron chi connectivity index (χ3n) is 2.17. The van der Waals surface area contributed by atoms with Crippen LogP contribution >= 0.6 is 15.9 Å². The van der Waals surface area contributed by atoms with Crippen LogP contribution in [0.15, 0.2) is 16.6 Å². The van der Waals surface area contributed by atoms with E-state index in [-0.39, 0.29) is 5.78 Å². The maximum Gasteiger partial charge on any atom is 0.168 e. The molecule has 0 unspecified atom stereocenters. The highest BCUT2D eigenvalue weighted by atomic mass is 79.9. The predicted molar refractivity (Wildman–Crippen MR) is 63.4 cm³/mol. The molecule has 0 atom stereocenters. The SMILES string of the molecule is COc1c(Br)ccc(C)c1C(=O)CCN. The number of ketones is 1. The monoisotopic (exact) mass is 271 g/mol. The number of hydrogen-bond donors (Lipinski definition) is 1. The first kappa shape index (κ1) is 12.2. The molecule has 1 rings (SSSR count). The number of halogens is 1. The molecule has 0 aliphatic heterocycles. The fourth-order valence-electron chi connectivity index (χ4n) is 1.46. The van der Waals surface area contributed by atoms with Crippen molar-refractivity contribution in [3.8, 4) is 5.75 Å². The summed E-state index contributed by atoms with van der Waals surface area (Å²) in [6.45, 7) is 2.24. The van der Waals surface area contributed by atoms with Gasteiger partial charge in [-0.3, -0.25) is 4.79 Å². The summed E-state index contributed by atoms with van der Waals surface area (Å²) in [6, 6.07) is 3.75. The number of rotatable bonds is 4. The first-order chi connectivity index (χ1) is 7.11. The molecular weight excluding hydrogens is 258 g/mol. The minimum absolute atomic E-state index is 0.0214. The van der Waals surface area contributed by atoms with Gasteiger partial charge in [0, 0.05) is 6.42 Å². The summed E-state index contributed by atoms with van der Waals surface area (Å²) in [6.07, 6.45) is 0.341. The van der Waals surface area contributed by atoms with Crippen LogP contribution in [0.3, 0.4) is 0 Å². The Labute approximate surface area is 97.7 Å². The first-order valence-corrected chi connectivity index (χ1v) is 5.47. The lowest BCUT2D eigenvalue weighted by molar-refractivity contribution is 0.0982. The highest BCUT2D eigenvalue weighted by molar-refractivity contribution is 9.10. The van der Waals surface area contributed by atoms with Crippen molar-refractivity contribution < 1.29 is 9.53 Å². The maximum absolute atomic E-state index is 11.8. The van der Waals surface area contributed by atoms with Crippen molar-refractivity contribution in [2.75, 3.05) is 13.7 Å². The second-order valence-electron chi connectivity index (χ2n) is 3.23. The molecule has 0 spiro atoms. The molecule has 0 fully saturated rings. The van der Waals surface area contributed by atoms with Crippen molar-refractivity contribution in [1.82, 2.24) is 0 Å². The van der Waals surface area contributed by atoms with Crippen LogP contribution in [0.1, 0.15) is 22.3 Å². The van der Waals surface area contributed by atoms with E-state index in [0.29, 0.717) is 24.3 Å². The highest BCUT2D eigenvalue weighted by Crippen LogP contribution is 2.31. The van der Waals surface area contributed by atoms with Crippen molar-refractivity contribution in [2.45, 2.75) is 13.3 Å². The van der Waals surface area contributed by atoms with Gasteiger partial charge in [-0.15, -0.1) is 0 Å². The van der Waals surface area contributed by atoms with Gasteiger partial charge < -0.3 is 10.5 Å². The van der Waals surface area contributed by atoms with Gasteiger partial charge in [-0.05, 0) is 41.0 Å². The van der Waals surface area contributed by atoms with Gasteiger partial charge in [-0.25, -0.2) is 0 Å². The molecule has 0 aliphatic carbocycles. The number of Topliss-reactive ketones (excluding diaryl/α,β-unsaturated/α-hetero) is 1. The second-order valence-corrected chi connectivity index (χ2v) is 4.09. The highest BCUT2D eigenvalue weighted by Gasteiger charge is 2.16. The van der Waals surface area contributed by atoms with E-state index in [4.69, 9.17) is 10.5 Å². The van der Waals surface area contributed by atoms with Gasteiger partial charge >= 0.3 is 0 Å². The van der Waals surface area contributed by atoms with Crippen LogP contribution in [0.25, 0.3) is 0 Å². The molecule has 3 nitrogen and oxygen atoms in total. The van der Waals surface area contributed by atoms with Gasteiger partial charge in [0.1, 0.15) is 5.75 Å². The van der Waals surface area contributed by atoms with E-state index in [1.54, 1.807) is 7.11 Å². The molecular formula is C11H14BrNO2. The Morgan fingerprint density at radius 1 is 1.53 bits per heavy atom. The average Bonchev–Trinajstić information content (AvgIpc) is 2.21. The van der Waals surface area contributed by atoms with E-state index in [9.17, 15) is 4.79 Å². The van der Waals surface area contributed by atoms with Gasteiger partial charge in [0.2, 0.25) is 0 Å². The third-order valence-corrected chi connectivity index (χ3v) is 2.80. The van der Waals surface area contributed by atoms with Crippen LogP contribution in [0.2, 0.25) is 0 Å². The summed E-state index contributed by atoms with van der Waals surface area (Å²) in [5.41, 5.74) is 6.91. The van der Waals surface area contributed by atoms with Crippen LogP contribution in [-0.4, -0.2) is 19.4 Å². The van der Waals surface area contributed by atoms with E-state index in [2.05, 4.69) is 15.9 Å². The molecule has 15 heavy (non-hydrogen) atoms. The van der Waals surface area contributed by atoms with Crippen molar-refractivity contribution in [2.24, 2.45) is 5.73 Å². The number of carbonyl (C=O) groups excluding carboxylic acids is 1. The molecule has 0 aliphatic rings. The van der Waals surface area contributed by atoms with Crippen LogP contribution < -0.4 is 10.5 Å². The molecule has 0 amide bonds. The van der Waals surface area contributed by atoms with Crippen LogP contribution in [0, 0.1) is 6.92 Å². The van der Waals surface area contributed by atoms with Crippen molar-refractivity contribution in [3.05, 3.63) is 27.7 Å². The lowest BCUT2D eigenvalue weighted by atomic mass is 10.0. The topological polar surface area (TPSA) is 52.3 Å². The lowest BCUT2D eigenvalue weighted by Gasteiger charge is -2.11.